The molecule has 0 saturated carbocycles. The van der Waals surface area contributed by atoms with Gasteiger partial charge in [0.25, 0.3) is 0 Å². The van der Waals surface area contributed by atoms with Crippen molar-refractivity contribution in [1.82, 2.24) is 5.32 Å². The first kappa shape index (κ1) is 22.6. The van der Waals surface area contributed by atoms with Gasteiger partial charge in [-0.05, 0) is 25.3 Å². The first-order chi connectivity index (χ1) is 11.4. The lowest BCUT2D eigenvalue weighted by Gasteiger charge is -2.29. The second kappa shape index (κ2) is 14.0. The number of hydrogen-bond donors (Lipinski definition) is 2. The van der Waals surface area contributed by atoms with Crippen molar-refractivity contribution in [3.8, 4) is 0 Å². The van der Waals surface area contributed by atoms with Crippen LogP contribution in [0, 0.1) is 0 Å². The third-order valence-electron chi connectivity index (χ3n) is 4.33. The highest BCUT2D eigenvalue weighted by Gasteiger charge is 2.14. The monoisotopic (exact) mass is 341 g/mol. The van der Waals surface area contributed by atoms with Crippen LogP contribution in [0.1, 0.15) is 64.2 Å². The van der Waals surface area contributed by atoms with Gasteiger partial charge in [0.2, 0.25) is 5.91 Å². The Morgan fingerprint density at radius 1 is 0.917 bits per heavy atom. The number of quaternary nitrogens is 1. The number of rotatable bonds is 16. The molecule has 0 heterocycles. The van der Waals surface area contributed by atoms with E-state index in [9.17, 15) is 9.59 Å². The zero-order valence-corrected chi connectivity index (χ0v) is 15.7. The Bertz CT molecular complexity index is 368. The van der Waals surface area contributed by atoms with Gasteiger partial charge in [-0.1, -0.05) is 38.7 Å². The lowest BCUT2D eigenvalue weighted by molar-refractivity contribution is -0.890. The zero-order chi connectivity index (χ0) is 18.3. The number of amides is 1. The number of carboxylic acid groups (broad SMARTS) is 1. The van der Waals surface area contributed by atoms with E-state index in [4.69, 9.17) is 5.11 Å². The smallest absolute Gasteiger partial charge is 0.303 e. The molecule has 0 aromatic rings. The molecule has 0 fully saturated rings. The summed E-state index contributed by atoms with van der Waals surface area (Å²) in [6.07, 6.45) is 12.1. The fourth-order valence-electron chi connectivity index (χ4n) is 2.78. The predicted octanol–water partition coefficient (Wildman–Crippen LogP) is 3.35. The van der Waals surface area contributed by atoms with Crippen LogP contribution in [-0.4, -0.2) is 55.2 Å². The minimum atomic E-state index is -0.696. The summed E-state index contributed by atoms with van der Waals surface area (Å²) in [5.74, 6) is -0.780. The third kappa shape index (κ3) is 15.5. The van der Waals surface area contributed by atoms with Crippen molar-refractivity contribution in [2.24, 2.45) is 0 Å². The normalized spacial score (nSPS) is 11.2. The minimum Gasteiger partial charge on any atom is -0.481 e. The van der Waals surface area contributed by atoms with E-state index in [-0.39, 0.29) is 12.3 Å². The Morgan fingerprint density at radius 3 is 1.96 bits per heavy atom. The number of carbonyl (C=O) groups excluding carboxylic acids is 1. The highest BCUT2D eigenvalue weighted by molar-refractivity contribution is 5.86. The lowest BCUT2D eigenvalue weighted by atomic mass is 10.1. The minimum absolute atomic E-state index is 0.0840. The van der Waals surface area contributed by atoms with Gasteiger partial charge >= 0.3 is 5.97 Å². The molecule has 24 heavy (non-hydrogen) atoms. The lowest BCUT2D eigenvalue weighted by Crippen LogP contribution is -2.41. The van der Waals surface area contributed by atoms with E-state index in [1.807, 2.05) is 0 Å². The molecule has 0 rings (SSSR count). The molecule has 0 aliphatic heterocycles. The Balaban J connectivity index is 3.36. The molecule has 0 unspecified atom stereocenters. The van der Waals surface area contributed by atoms with E-state index in [0.717, 1.165) is 37.0 Å². The maximum atomic E-state index is 10.9. The number of unbranched alkanes of at least 4 members (excludes halogenated alkanes) is 7. The topological polar surface area (TPSA) is 66.4 Å². The van der Waals surface area contributed by atoms with Crippen LogP contribution in [0.3, 0.4) is 0 Å². The van der Waals surface area contributed by atoms with Crippen LogP contribution in [0.5, 0.6) is 0 Å². The largest absolute Gasteiger partial charge is 0.481 e. The van der Waals surface area contributed by atoms with E-state index < -0.39 is 5.97 Å². The molecular formula is C19H37N2O3+. The first-order valence-corrected chi connectivity index (χ1v) is 9.31. The molecule has 2 N–H and O–H groups in total. The van der Waals surface area contributed by atoms with Crippen LogP contribution in [-0.2, 0) is 9.59 Å². The summed E-state index contributed by atoms with van der Waals surface area (Å²) in [7, 11) is 4.37. The van der Waals surface area contributed by atoms with Crippen molar-refractivity contribution >= 4 is 11.9 Å². The molecule has 0 aliphatic carbocycles. The van der Waals surface area contributed by atoms with Crippen LogP contribution < -0.4 is 5.32 Å². The van der Waals surface area contributed by atoms with Gasteiger partial charge in [0, 0.05) is 13.0 Å². The van der Waals surface area contributed by atoms with Crippen LogP contribution in [0.15, 0.2) is 12.7 Å². The maximum absolute atomic E-state index is 10.9. The first-order valence-electron chi connectivity index (χ1n) is 9.31. The van der Waals surface area contributed by atoms with E-state index in [1.165, 1.54) is 51.0 Å². The van der Waals surface area contributed by atoms with Crippen LogP contribution in [0.25, 0.3) is 0 Å². The number of aliphatic carboxylic acids is 1. The maximum Gasteiger partial charge on any atom is 0.303 e. The predicted molar refractivity (Wildman–Crippen MR) is 98.9 cm³/mol. The Kier molecular flexibility index (Phi) is 13.2. The van der Waals surface area contributed by atoms with Crippen LogP contribution >= 0.6 is 0 Å². The highest BCUT2D eigenvalue weighted by Crippen LogP contribution is 2.11. The average Bonchev–Trinajstić information content (AvgIpc) is 2.51. The molecule has 0 radical (unpaired) electrons. The molecule has 0 saturated heterocycles. The summed E-state index contributed by atoms with van der Waals surface area (Å²) < 4.78 is 0.920. The van der Waals surface area contributed by atoms with E-state index in [2.05, 4.69) is 26.0 Å². The van der Waals surface area contributed by atoms with Gasteiger partial charge < -0.3 is 14.9 Å². The van der Waals surface area contributed by atoms with Crippen LogP contribution in [0.2, 0.25) is 0 Å². The molecule has 5 nitrogen and oxygen atoms in total. The van der Waals surface area contributed by atoms with Crippen molar-refractivity contribution in [3.05, 3.63) is 12.7 Å². The molecule has 0 atom stereocenters. The molecule has 0 bridgehead atoms. The molecule has 0 aromatic heterocycles. The second-order valence-corrected chi connectivity index (χ2v) is 7.20. The van der Waals surface area contributed by atoms with Gasteiger partial charge in [0.1, 0.15) is 0 Å². The quantitative estimate of drug-likeness (QED) is 0.257. The molecule has 0 spiro atoms. The highest BCUT2D eigenvalue weighted by atomic mass is 16.4. The van der Waals surface area contributed by atoms with Crippen molar-refractivity contribution in [2.45, 2.75) is 64.2 Å². The van der Waals surface area contributed by atoms with Gasteiger partial charge in [0.15, 0.2) is 0 Å². The number of hydrogen-bond acceptors (Lipinski definition) is 2. The van der Waals surface area contributed by atoms with Crippen molar-refractivity contribution < 1.29 is 19.2 Å². The fourth-order valence-corrected chi connectivity index (χ4v) is 2.78. The average molecular weight is 342 g/mol. The molecular weight excluding hydrogens is 304 g/mol. The van der Waals surface area contributed by atoms with Gasteiger partial charge in [-0.25, -0.2) is 0 Å². The van der Waals surface area contributed by atoms with Crippen molar-refractivity contribution in [1.29, 1.82) is 0 Å². The summed E-state index contributed by atoms with van der Waals surface area (Å²) in [6, 6.07) is 0. The molecule has 140 valence electrons. The van der Waals surface area contributed by atoms with Gasteiger partial charge in [-0.15, -0.1) is 0 Å². The SMILES string of the molecule is C=CC(=O)NCCCCCCCCCC[N+](C)(C)CCCC(=O)O. The van der Waals surface area contributed by atoms with E-state index in [1.54, 1.807) is 0 Å². The number of nitrogens with zero attached hydrogens (tertiary/aromatic N) is 1. The van der Waals surface area contributed by atoms with Gasteiger partial charge in [-0.3, -0.25) is 9.59 Å². The summed E-state index contributed by atoms with van der Waals surface area (Å²) in [4.78, 5) is 21.5. The second-order valence-electron chi connectivity index (χ2n) is 7.20. The van der Waals surface area contributed by atoms with Gasteiger partial charge in [0.05, 0.1) is 33.6 Å². The standard InChI is InChI=1S/C19H36N2O3/c1-4-18(22)20-15-11-9-7-5-6-8-10-12-16-21(2,3)17-13-14-19(23)24/h4H,1,5-17H2,2-3H3,(H-,20,22,23,24)/p+1. The van der Waals surface area contributed by atoms with E-state index in [0.29, 0.717) is 0 Å². The van der Waals surface area contributed by atoms with Gasteiger partial charge in [-0.2, -0.15) is 0 Å². The number of carboxylic acids is 1. The molecule has 0 aliphatic rings. The Hall–Kier alpha value is -1.36. The molecule has 5 heteroatoms. The summed E-state index contributed by atoms with van der Waals surface area (Å²) in [5, 5.41) is 11.5. The van der Waals surface area contributed by atoms with Crippen LogP contribution in [0.4, 0.5) is 0 Å². The number of carbonyl (C=O) groups is 2. The summed E-state index contributed by atoms with van der Waals surface area (Å²) >= 11 is 0. The Morgan fingerprint density at radius 2 is 1.42 bits per heavy atom. The third-order valence-corrected chi connectivity index (χ3v) is 4.33. The molecule has 1 amide bonds. The Labute approximate surface area is 147 Å². The zero-order valence-electron chi connectivity index (χ0n) is 15.7. The molecule has 0 aromatic carbocycles. The van der Waals surface area contributed by atoms with E-state index >= 15 is 0 Å². The van der Waals surface area contributed by atoms with Crippen molar-refractivity contribution in [3.63, 3.8) is 0 Å². The summed E-state index contributed by atoms with van der Waals surface area (Å²) in [6.45, 7) is 6.24. The summed E-state index contributed by atoms with van der Waals surface area (Å²) in [5.41, 5.74) is 0. The van der Waals surface area contributed by atoms with Crippen molar-refractivity contribution in [2.75, 3.05) is 33.7 Å². The number of nitrogens with one attached hydrogen (secondary N) is 1. The fraction of sp³-hybridized carbons (Fsp3) is 0.789.